The lowest BCUT2D eigenvalue weighted by Gasteiger charge is -2.40. The van der Waals surface area contributed by atoms with Crippen LogP contribution in [-0.4, -0.2) is 29.0 Å². The molecular formula is C29H24ClNO5. The van der Waals surface area contributed by atoms with Crippen molar-refractivity contribution < 1.29 is 23.9 Å². The number of aromatic nitrogens is 1. The van der Waals surface area contributed by atoms with E-state index in [1.54, 1.807) is 67.6 Å². The molecule has 6 nitrogen and oxygen atoms in total. The molecule has 7 heteroatoms. The third-order valence-corrected chi connectivity index (χ3v) is 7.12. The van der Waals surface area contributed by atoms with Crippen molar-refractivity contribution in [2.75, 3.05) is 6.61 Å². The van der Waals surface area contributed by atoms with Gasteiger partial charge in [0.05, 0.1) is 12.1 Å². The van der Waals surface area contributed by atoms with Gasteiger partial charge in [-0.05, 0) is 49.2 Å². The zero-order valence-corrected chi connectivity index (χ0v) is 20.6. The van der Waals surface area contributed by atoms with Crippen LogP contribution in [0.2, 0.25) is 5.02 Å². The lowest BCUT2D eigenvalue weighted by Crippen LogP contribution is -2.50. The second-order valence-electron chi connectivity index (χ2n) is 8.65. The molecule has 4 aromatic rings. The van der Waals surface area contributed by atoms with Crippen LogP contribution in [-0.2, 0) is 19.7 Å². The second-order valence-corrected chi connectivity index (χ2v) is 9.09. The molecule has 0 bridgehead atoms. The Morgan fingerprint density at radius 3 is 2.31 bits per heavy atom. The Balaban J connectivity index is 1.84. The first-order chi connectivity index (χ1) is 17.4. The smallest absolute Gasteiger partial charge is 0.324 e. The Bertz CT molecular complexity index is 1480. The van der Waals surface area contributed by atoms with E-state index in [1.165, 1.54) is 4.57 Å². The normalized spacial score (nSPS) is 19.0. The van der Waals surface area contributed by atoms with E-state index in [0.717, 1.165) is 0 Å². The highest BCUT2D eigenvalue weighted by atomic mass is 35.5. The average Bonchev–Trinajstić information content (AvgIpc) is 3.22. The van der Waals surface area contributed by atoms with E-state index in [4.69, 9.17) is 21.1 Å². The maximum absolute atomic E-state index is 13.9. The number of carbonyl (C=O) groups is 3. The van der Waals surface area contributed by atoms with Crippen LogP contribution >= 0.6 is 11.6 Å². The van der Waals surface area contributed by atoms with Crippen molar-refractivity contribution in [2.24, 2.45) is 0 Å². The molecule has 0 fully saturated rings. The third kappa shape index (κ3) is 3.52. The number of para-hydroxylation sites is 1. The molecule has 3 aromatic carbocycles. The minimum Gasteiger partial charge on any atom is -0.465 e. The number of benzene rings is 3. The highest BCUT2D eigenvalue weighted by Crippen LogP contribution is 2.53. The van der Waals surface area contributed by atoms with Gasteiger partial charge in [-0.15, -0.1) is 0 Å². The topological polar surface area (TPSA) is 74.6 Å². The molecule has 0 saturated carbocycles. The van der Waals surface area contributed by atoms with Crippen LogP contribution in [0, 0.1) is 0 Å². The molecule has 2 heterocycles. The number of carbonyl (C=O) groups excluding carboxylic acids is 3. The van der Waals surface area contributed by atoms with Crippen LogP contribution in [0.15, 0.2) is 78.9 Å². The van der Waals surface area contributed by atoms with Gasteiger partial charge < -0.3 is 9.47 Å². The molecule has 0 spiro atoms. The van der Waals surface area contributed by atoms with E-state index in [0.29, 0.717) is 32.6 Å². The Morgan fingerprint density at radius 1 is 0.972 bits per heavy atom. The van der Waals surface area contributed by atoms with E-state index in [2.05, 4.69) is 0 Å². The second kappa shape index (κ2) is 9.28. The maximum Gasteiger partial charge on any atom is 0.324 e. The maximum atomic E-state index is 13.9. The van der Waals surface area contributed by atoms with Crippen molar-refractivity contribution in [1.29, 1.82) is 0 Å². The van der Waals surface area contributed by atoms with Crippen LogP contribution in [0.25, 0.3) is 10.9 Å². The lowest BCUT2D eigenvalue weighted by atomic mass is 9.64. The molecular weight excluding hydrogens is 478 g/mol. The van der Waals surface area contributed by atoms with Crippen molar-refractivity contribution in [2.45, 2.75) is 31.6 Å². The molecule has 0 N–H and O–H groups in total. The van der Waals surface area contributed by atoms with Gasteiger partial charge in [-0.25, -0.2) is 4.57 Å². The molecule has 0 radical (unpaired) electrons. The Hall–Kier alpha value is -3.90. The predicted molar refractivity (Wildman–Crippen MR) is 137 cm³/mol. The number of hydrogen-bond donors (Lipinski definition) is 0. The molecule has 0 aliphatic carbocycles. The molecule has 5 rings (SSSR count). The van der Waals surface area contributed by atoms with E-state index in [1.807, 2.05) is 25.1 Å². The molecule has 1 aromatic heterocycles. The van der Waals surface area contributed by atoms with Gasteiger partial charge in [0.2, 0.25) is 5.88 Å². The van der Waals surface area contributed by atoms with Gasteiger partial charge in [0.15, 0.2) is 0 Å². The third-order valence-electron chi connectivity index (χ3n) is 6.87. The number of nitrogens with zero attached hydrogens (tertiary/aromatic N) is 1. The first kappa shape index (κ1) is 23.8. The summed E-state index contributed by atoms with van der Waals surface area (Å²) in [5.41, 5.74) is 0.657. The molecule has 0 saturated heterocycles. The number of ether oxygens (including phenoxy) is 2. The Kier molecular flexibility index (Phi) is 6.14. The largest absolute Gasteiger partial charge is 0.465 e. The van der Waals surface area contributed by atoms with Crippen LogP contribution in [0.5, 0.6) is 5.88 Å². The van der Waals surface area contributed by atoms with Crippen molar-refractivity contribution in [3.8, 4) is 5.88 Å². The summed E-state index contributed by atoms with van der Waals surface area (Å²) in [7, 11) is 0. The number of hydrogen-bond acceptors (Lipinski definition) is 5. The molecule has 2 atom stereocenters. The van der Waals surface area contributed by atoms with Gasteiger partial charge in [0.1, 0.15) is 11.3 Å². The number of halogens is 1. The van der Waals surface area contributed by atoms with Crippen molar-refractivity contribution in [1.82, 2.24) is 4.57 Å². The first-order valence-electron chi connectivity index (χ1n) is 11.8. The highest BCUT2D eigenvalue weighted by molar-refractivity contribution is 6.30. The molecule has 0 amide bonds. The molecule has 182 valence electrons. The summed E-state index contributed by atoms with van der Waals surface area (Å²) in [6, 6.07) is 22.8. The quantitative estimate of drug-likeness (QED) is 0.318. The molecule has 0 unspecified atom stereocenters. The lowest BCUT2D eigenvalue weighted by molar-refractivity contribution is -0.156. The summed E-state index contributed by atoms with van der Waals surface area (Å²) in [6.07, 6.45) is 0.266. The predicted octanol–water partition coefficient (Wildman–Crippen LogP) is 5.90. The van der Waals surface area contributed by atoms with Gasteiger partial charge in [0.25, 0.3) is 5.91 Å². The van der Waals surface area contributed by atoms with Crippen LogP contribution in [0.4, 0.5) is 0 Å². The standard InChI is InChI=1S/C29H24ClNO5/c1-3-29(19-14-16-20(30)17-15-19)24(27(33)35-4-2)23-21-12-8-9-13-22(21)31(26(23)36-28(29)34)25(32)18-10-6-5-7-11-18/h5-17,24H,3-4H2,1-2H3/t24-,29-/m1/s1. The summed E-state index contributed by atoms with van der Waals surface area (Å²) >= 11 is 6.13. The van der Waals surface area contributed by atoms with Crippen LogP contribution in [0.3, 0.4) is 0 Å². The van der Waals surface area contributed by atoms with Gasteiger partial charge >= 0.3 is 11.9 Å². The van der Waals surface area contributed by atoms with Crippen molar-refractivity contribution in [3.63, 3.8) is 0 Å². The fraction of sp³-hybridized carbons (Fsp3) is 0.207. The molecule has 36 heavy (non-hydrogen) atoms. The fourth-order valence-corrected chi connectivity index (χ4v) is 5.33. The average molecular weight is 502 g/mol. The van der Waals surface area contributed by atoms with Gasteiger partial charge in [-0.1, -0.05) is 67.1 Å². The number of rotatable bonds is 5. The summed E-state index contributed by atoms with van der Waals surface area (Å²) in [5.74, 6) is -2.52. The van der Waals surface area contributed by atoms with Gasteiger partial charge in [0, 0.05) is 21.5 Å². The van der Waals surface area contributed by atoms with Gasteiger partial charge in [-0.2, -0.15) is 0 Å². The fourth-order valence-electron chi connectivity index (χ4n) is 5.20. The van der Waals surface area contributed by atoms with Gasteiger partial charge in [-0.3, -0.25) is 14.4 Å². The molecule has 1 aliphatic rings. The molecule has 1 aliphatic heterocycles. The Labute approximate surface area is 213 Å². The van der Waals surface area contributed by atoms with Crippen LogP contribution < -0.4 is 4.74 Å². The zero-order chi connectivity index (χ0) is 25.4. The SMILES string of the molecule is CCOC(=O)[C@H]1c2c(n(C(=O)c3ccccc3)c3ccccc23)OC(=O)[C@]1(CC)c1ccc(Cl)cc1. The van der Waals surface area contributed by atoms with E-state index in [-0.39, 0.29) is 24.8 Å². The van der Waals surface area contributed by atoms with Crippen molar-refractivity contribution in [3.05, 3.63) is 101 Å². The monoisotopic (exact) mass is 501 g/mol. The Morgan fingerprint density at radius 2 is 1.64 bits per heavy atom. The zero-order valence-electron chi connectivity index (χ0n) is 19.9. The van der Waals surface area contributed by atoms with E-state index < -0.39 is 23.3 Å². The van der Waals surface area contributed by atoms with Crippen LogP contribution in [0.1, 0.15) is 47.7 Å². The first-order valence-corrected chi connectivity index (χ1v) is 12.2. The summed E-state index contributed by atoms with van der Waals surface area (Å²) in [6.45, 7) is 3.70. The summed E-state index contributed by atoms with van der Waals surface area (Å²) in [4.78, 5) is 41.3. The minimum absolute atomic E-state index is 0.0474. The summed E-state index contributed by atoms with van der Waals surface area (Å²) in [5, 5.41) is 1.15. The number of esters is 2. The number of fused-ring (bicyclic) bond motifs is 3. The minimum atomic E-state index is -1.37. The summed E-state index contributed by atoms with van der Waals surface area (Å²) < 4.78 is 12.9. The van der Waals surface area contributed by atoms with Crippen molar-refractivity contribution >= 4 is 40.3 Å². The van der Waals surface area contributed by atoms with E-state index >= 15 is 0 Å². The van der Waals surface area contributed by atoms with E-state index in [9.17, 15) is 14.4 Å². The highest BCUT2D eigenvalue weighted by Gasteiger charge is 2.58.